The second-order valence-electron chi connectivity index (χ2n) is 9.75. The van der Waals surface area contributed by atoms with Crippen molar-refractivity contribution in [1.82, 2.24) is 15.3 Å². The molecule has 0 bridgehead atoms. The number of H-pyrrole nitrogens is 1. The van der Waals surface area contributed by atoms with Crippen LogP contribution in [0, 0.1) is 5.82 Å². The Balaban J connectivity index is 1.52. The number of amides is 2. The van der Waals surface area contributed by atoms with E-state index in [0.717, 1.165) is 12.0 Å². The first-order valence-corrected chi connectivity index (χ1v) is 15.7. The van der Waals surface area contributed by atoms with Crippen molar-refractivity contribution in [3.63, 3.8) is 0 Å². The van der Waals surface area contributed by atoms with Crippen LogP contribution in [0.15, 0.2) is 71.6 Å². The van der Waals surface area contributed by atoms with Gasteiger partial charge in [-0.15, -0.1) is 0 Å². The summed E-state index contributed by atoms with van der Waals surface area (Å²) in [5.41, 5.74) is 1.60. The van der Waals surface area contributed by atoms with Crippen molar-refractivity contribution < 1.29 is 22.4 Å². The molecule has 0 aliphatic heterocycles. The number of sulfonamides is 1. The third-order valence-corrected chi connectivity index (χ3v) is 8.57. The fourth-order valence-corrected chi connectivity index (χ4v) is 6.08. The number of aromatic amines is 1. The number of Topliss-reactive ketones (excluding diaryl/α,β-unsaturated/α-hetero) is 1. The molecule has 43 heavy (non-hydrogen) atoms. The summed E-state index contributed by atoms with van der Waals surface area (Å²) < 4.78 is 42.2. The van der Waals surface area contributed by atoms with Crippen LogP contribution in [0.1, 0.15) is 54.1 Å². The van der Waals surface area contributed by atoms with Crippen molar-refractivity contribution in [2.75, 3.05) is 16.2 Å². The molecule has 1 aromatic heterocycles. The fourth-order valence-electron chi connectivity index (χ4n) is 4.25. The van der Waals surface area contributed by atoms with Gasteiger partial charge in [0.25, 0.3) is 10.0 Å². The third-order valence-electron chi connectivity index (χ3n) is 6.47. The van der Waals surface area contributed by atoms with Crippen LogP contribution < -0.4 is 14.9 Å². The summed E-state index contributed by atoms with van der Waals surface area (Å²) in [4.78, 5) is 34.7. The molecule has 9 nitrogen and oxygen atoms in total. The first-order valence-electron chi connectivity index (χ1n) is 13.4. The molecule has 13 heteroatoms. The van der Waals surface area contributed by atoms with Gasteiger partial charge in [0.15, 0.2) is 11.6 Å². The van der Waals surface area contributed by atoms with E-state index in [2.05, 4.69) is 20.0 Å². The predicted octanol–water partition coefficient (Wildman–Crippen LogP) is 6.97. The number of benzene rings is 3. The molecule has 0 radical (unpaired) electrons. The molecule has 4 rings (SSSR count). The molecular formula is C30H30Cl2FN5O4S. The number of rotatable bonds is 12. The van der Waals surface area contributed by atoms with Gasteiger partial charge in [-0.25, -0.2) is 22.6 Å². The van der Waals surface area contributed by atoms with Gasteiger partial charge < -0.3 is 10.3 Å². The van der Waals surface area contributed by atoms with Gasteiger partial charge in [-0.1, -0.05) is 66.9 Å². The summed E-state index contributed by atoms with van der Waals surface area (Å²) in [6.07, 6.45) is 1.73. The summed E-state index contributed by atoms with van der Waals surface area (Å²) in [6, 6.07) is 16.4. The number of aromatic nitrogens is 2. The van der Waals surface area contributed by atoms with Crippen LogP contribution in [0.4, 0.5) is 20.7 Å². The highest BCUT2D eigenvalue weighted by Gasteiger charge is 2.25. The second-order valence-corrected chi connectivity index (χ2v) is 12.2. The average molecular weight is 647 g/mol. The van der Waals surface area contributed by atoms with Gasteiger partial charge in [0.1, 0.15) is 22.2 Å². The molecule has 0 aliphatic rings. The van der Waals surface area contributed by atoms with E-state index in [1.807, 2.05) is 6.92 Å². The molecular weight excluding hydrogens is 616 g/mol. The highest BCUT2D eigenvalue weighted by Crippen LogP contribution is 2.27. The first kappa shape index (κ1) is 32.0. The highest BCUT2D eigenvalue weighted by molar-refractivity contribution is 7.92. The normalized spacial score (nSPS) is 11.3. The molecule has 0 atom stereocenters. The SMILES string of the molecule is CCCCN(C(=O)NCc1ccccc1F)c1nc(Cc2ccc(NS(=O)(=O)c3ccc(Cl)cc3Cl)cc2)[nH]c1C(C)=O. The third kappa shape index (κ3) is 8.13. The van der Waals surface area contributed by atoms with Crippen molar-refractivity contribution >= 4 is 56.5 Å². The Labute approximate surface area is 259 Å². The number of halogens is 3. The molecule has 0 saturated heterocycles. The van der Waals surface area contributed by atoms with Crippen molar-refractivity contribution in [2.45, 2.75) is 44.6 Å². The Morgan fingerprint density at radius 3 is 2.42 bits per heavy atom. The van der Waals surface area contributed by atoms with E-state index in [1.54, 1.807) is 42.5 Å². The minimum atomic E-state index is -3.96. The number of unbranched alkanes of at least 4 members (excludes halogenated alkanes) is 1. The van der Waals surface area contributed by atoms with Crippen molar-refractivity contribution in [3.8, 4) is 0 Å². The van der Waals surface area contributed by atoms with E-state index in [4.69, 9.17) is 23.2 Å². The molecule has 4 aromatic rings. The van der Waals surface area contributed by atoms with E-state index in [0.29, 0.717) is 35.1 Å². The Kier molecular flexibility index (Phi) is 10.4. The van der Waals surface area contributed by atoms with Gasteiger partial charge in [-0.05, 0) is 48.4 Å². The lowest BCUT2D eigenvalue weighted by molar-refractivity contribution is 0.101. The number of carbonyl (C=O) groups excluding carboxylic acids is 2. The number of hydrogen-bond donors (Lipinski definition) is 3. The summed E-state index contributed by atoms with van der Waals surface area (Å²) in [5.74, 6) is -0.110. The molecule has 3 aromatic carbocycles. The summed E-state index contributed by atoms with van der Waals surface area (Å²) >= 11 is 11.9. The van der Waals surface area contributed by atoms with E-state index in [9.17, 15) is 22.4 Å². The molecule has 0 aliphatic carbocycles. The first-order chi connectivity index (χ1) is 20.5. The van der Waals surface area contributed by atoms with E-state index >= 15 is 0 Å². The zero-order chi connectivity index (χ0) is 31.1. The molecule has 0 spiro atoms. The van der Waals surface area contributed by atoms with E-state index in [-0.39, 0.29) is 40.2 Å². The van der Waals surface area contributed by atoms with Gasteiger partial charge in [0, 0.05) is 42.7 Å². The number of imidazole rings is 1. The smallest absolute Gasteiger partial charge is 0.323 e. The zero-order valence-corrected chi connectivity index (χ0v) is 25.8. The molecule has 0 saturated carbocycles. The lowest BCUT2D eigenvalue weighted by Gasteiger charge is -2.22. The minimum absolute atomic E-state index is 0.000380. The predicted molar refractivity (Wildman–Crippen MR) is 166 cm³/mol. The summed E-state index contributed by atoms with van der Waals surface area (Å²) in [5, 5.41) is 3.04. The maximum Gasteiger partial charge on any atom is 0.323 e. The number of urea groups is 1. The fraction of sp³-hybridized carbons (Fsp3) is 0.233. The highest BCUT2D eigenvalue weighted by atomic mass is 35.5. The summed E-state index contributed by atoms with van der Waals surface area (Å²) in [6.45, 7) is 3.63. The number of nitrogens with one attached hydrogen (secondary N) is 3. The zero-order valence-electron chi connectivity index (χ0n) is 23.5. The second kappa shape index (κ2) is 14.0. The number of ketones is 1. The maximum atomic E-state index is 14.1. The van der Waals surface area contributed by atoms with Crippen molar-refractivity contribution in [2.24, 2.45) is 0 Å². The van der Waals surface area contributed by atoms with Crippen LogP contribution in [0.3, 0.4) is 0 Å². The Hall–Kier alpha value is -3.93. The van der Waals surface area contributed by atoms with Crippen molar-refractivity contribution in [1.29, 1.82) is 0 Å². The quantitative estimate of drug-likeness (QED) is 0.144. The average Bonchev–Trinajstić information content (AvgIpc) is 3.37. The Morgan fingerprint density at radius 1 is 1.05 bits per heavy atom. The van der Waals surface area contributed by atoms with Gasteiger partial charge in [0.2, 0.25) is 0 Å². The number of hydrogen-bond acceptors (Lipinski definition) is 5. The molecule has 0 unspecified atom stereocenters. The number of carbonyl (C=O) groups is 2. The van der Waals surface area contributed by atoms with Gasteiger partial charge in [0.05, 0.1) is 5.02 Å². The summed E-state index contributed by atoms with van der Waals surface area (Å²) in [7, 11) is -3.96. The number of anilines is 2. The van der Waals surface area contributed by atoms with Gasteiger partial charge in [-0.3, -0.25) is 14.4 Å². The maximum absolute atomic E-state index is 14.1. The lowest BCUT2D eigenvalue weighted by atomic mass is 10.1. The van der Waals surface area contributed by atoms with Crippen LogP contribution in [0.5, 0.6) is 0 Å². The van der Waals surface area contributed by atoms with Crippen LogP contribution in [0.25, 0.3) is 0 Å². The monoisotopic (exact) mass is 645 g/mol. The standard InChI is InChI=1S/C30H30Cl2FN5O4S/c1-3-4-15-38(30(40)34-18-21-7-5-6-8-25(21)33)29-28(19(2)39)35-27(36-29)16-20-9-12-23(13-10-20)37-43(41,42)26-14-11-22(31)17-24(26)32/h5-14,17,37H,3-4,15-16,18H2,1-2H3,(H,34,40)(H,35,36). The van der Waals surface area contributed by atoms with Gasteiger partial charge in [-0.2, -0.15) is 0 Å². The molecule has 2 amide bonds. The van der Waals surface area contributed by atoms with E-state index < -0.39 is 21.9 Å². The molecule has 3 N–H and O–H groups in total. The van der Waals surface area contributed by atoms with Crippen LogP contribution >= 0.6 is 23.2 Å². The number of nitrogens with zero attached hydrogens (tertiary/aromatic N) is 2. The van der Waals surface area contributed by atoms with Crippen molar-refractivity contribution in [3.05, 3.63) is 105 Å². The largest absolute Gasteiger partial charge is 0.337 e. The molecule has 226 valence electrons. The minimum Gasteiger partial charge on any atom is -0.337 e. The topological polar surface area (TPSA) is 124 Å². The van der Waals surface area contributed by atoms with E-state index in [1.165, 1.54) is 36.1 Å². The lowest BCUT2D eigenvalue weighted by Crippen LogP contribution is -2.41. The molecule has 0 fully saturated rings. The molecule has 1 heterocycles. The van der Waals surface area contributed by atoms with Crippen LogP contribution in [-0.2, 0) is 23.0 Å². The van der Waals surface area contributed by atoms with Crippen LogP contribution in [0.2, 0.25) is 10.0 Å². The van der Waals surface area contributed by atoms with Crippen LogP contribution in [-0.4, -0.2) is 36.7 Å². The Morgan fingerprint density at radius 2 is 1.77 bits per heavy atom. The Bertz CT molecular complexity index is 1730. The van der Waals surface area contributed by atoms with Gasteiger partial charge >= 0.3 is 6.03 Å².